The molecule has 0 aromatic heterocycles. The average molecular weight is 386 g/mol. The molecule has 1 amide bonds. The summed E-state index contributed by atoms with van der Waals surface area (Å²) in [7, 11) is 0. The van der Waals surface area contributed by atoms with Gasteiger partial charge in [-0.1, -0.05) is 29.8 Å². The van der Waals surface area contributed by atoms with Gasteiger partial charge in [0.05, 0.1) is 10.6 Å². The second-order valence-electron chi connectivity index (χ2n) is 4.96. The Kier molecular flexibility index (Phi) is 5.45. The van der Waals surface area contributed by atoms with E-state index in [4.69, 9.17) is 0 Å². The number of aryl methyl sites for hydroxylation is 1. The van der Waals surface area contributed by atoms with Crippen LogP contribution in [-0.4, -0.2) is 10.8 Å². The summed E-state index contributed by atoms with van der Waals surface area (Å²) in [6.45, 7) is 1.94. The number of benzene rings is 2. The molecule has 0 heterocycles. The highest BCUT2D eigenvalue weighted by atomic mass is 79.9. The number of hydrogen-bond acceptors (Lipinski definition) is 4. The van der Waals surface area contributed by atoms with Gasteiger partial charge in [-0.05, 0) is 40.6 Å². The zero-order chi connectivity index (χ0) is 17.7. The molecule has 24 heavy (non-hydrogen) atoms. The molecule has 0 fully saturated rings. The third kappa shape index (κ3) is 4.27. The topological polar surface area (TPSA) is 96.0 Å². The Labute approximate surface area is 146 Å². The summed E-state index contributed by atoms with van der Waals surface area (Å²) < 4.78 is 0.359. The van der Waals surface area contributed by atoms with E-state index in [2.05, 4.69) is 21.2 Å². The summed E-state index contributed by atoms with van der Waals surface area (Å²) in [5.41, 5.74) is 1.98. The minimum absolute atomic E-state index is 0.0656. The van der Waals surface area contributed by atoms with E-state index in [1.54, 1.807) is 0 Å². The number of hydrogen-bond donors (Lipinski definition) is 1. The summed E-state index contributed by atoms with van der Waals surface area (Å²) in [5, 5.41) is 22.5. The third-order valence-corrected chi connectivity index (χ3v) is 3.82. The highest BCUT2D eigenvalue weighted by Crippen LogP contribution is 2.27. The molecule has 0 aliphatic rings. The van der Waals surface area contributed by atoms with Crippen molar-refractivity contribution >= 4 is 39.3 Å². The van der Waals surface area contributed by atoms with Crippen molar-refractivity contribution in [3.05, 3.63) is 73.8 Å². The smallest absolute Gasteiger partial charge is 0.270 e. The lowest BCUT2D eigenvalue weighted by Crippen LogP contribution is -2.13. The Morgan fingerprint density at radius 2 is 1.96 bits per heavy atom. The zero-order valence-corrected chi connectivity index (χ0v) is 14.2. The summed E-state index contributed by atoms with van der Waals surface area (Å²) in [5.74, 6) is -0.590. The number of nitrogens with zero attached hydrogens (tertiary/aromatic N) is 2. The van der Waals surface area contributed by atoms with Crippen LogP contribution < -0.4 is 5.32 Å². The van der Waals surface area contributed by atoms with Crippen LogP contribution in [0.5, 0.6) is 0 Å². The Balaban J connectivity index is 2.22. The van der Waals surface area contributed by atoms with Crippen LogP contribution in [0, 0.1) is 28.4 Å². The standard InChI is InChI=1S/C17H12BrN3O3/c1-11-2-4-12(5-3-11)8-13(10-19)17(22)20-16-7-6-14(21(23)24)9-15(16)18/h2-9H,1H3,(H,20,22)/b13-8+. The quantitative estimate of drug-likeness (QED) is 0.368. The number of rotatable bonds is 4. The second kappa shape index (κ2) is 7.53. The molecule has 2 aromatic carbocycles. The van der Waals surface area contributed by atoms with Crippen LogP contribution in [0.1, 0.15) is 11.1 Å². The first-order chi connectivity index (χ1) is 11.4. The van der Waals surface area contributed by atoms with Crippen LogP contribution >= 0.6 is 15.9 Å². The Morgan fingerprint density at radius 3 is 2.50 bits per heavy atom. The lowest BCUT2D eigenvalue weighted by molar-refractivity contribution is -0.384. The number of carbonyl (C=O) groups is 1. The third-order valence-electron chi connectivity index (χ3n) is 3.17. The minimum Gasteiger partial charge on any atom is -0.320 e. The van der Waals surface area contributed by atoms with Crippen molar-refractivity contribution in [2.45, 2.75) is 6.92 Å². The number of non-ortho nitro benzene ring substituents is 1. The highest BCUT2D eigenvalue weighted by molar-refractivity contribution is 9.10. The molecule has 1 N–H and O–H groups in total. The number of nitro groups is 1. The van der Waals surface area contributed by atoms with Crippen LogP contribution in [0.4, 0.5) is 11.4 Å². The van der Waals surface area contributed by atoms with Gasteiger partial charge in [0, 0.05) is 16.6 Å². The van der Waals surface area contributed by atoms with Crippen molar-refractivity contribution in [3.8, 4) is 6.07 Å². The fraction of sp³-hybridized carbons (Fsp3) is 0.0588. The maximum Gasteiger partial charge on any atom is 0.270 e. The van der Waals surface area contributed by atoms with E-state index in [1.165, 1.54) is 24.3 Å². The van der Waals surface area contributed by atoms with E-state index < -0.39 is 10.8 Å². The Hall–Kier alpha value is -2.98. The van der Waals surface area contributed by atoms with E-state index in [0.717, 1.165) is 11.1 Å². The fourth-order valence-electron chi connectivity index (χ4n) is 1.89. The summed E-state index contributed by atoms with van der Waals surface area (Å²) >= 11 is 3.17. The predicted molar refractivity (Wildman–Crippen MR) is 94.2 cm³/mol. The van der Waals surface area contributed by atoms with Crippen LogP contribution in [-0.2, 0) is 4.79 Å². The highest BCUT2D eigenvalue weighted by Gasteiger charge is 2.14. The van der Waals surface area contributed by atoms with Gasteiger partial charge < -0.3 is 5.32 Å². The zero-order valence-electron chi connectivity index (χ0n) is 12.6. The second-order valence-corrected chi connectivity index (χ2v) is 5.81. The van der Waals surface area contributed by atoms with Gasteiger partial charge in [0.15, 0.2) is 0 Å². The first-order valence-corrected chi connectivity index (χ1v) is 7.64. The van der Waals surface area contributed by atoms with Crippen LogP contribution in [0.25, 0.3) is 6.08 Å². The maximum absolute atomic E-state index is 12.2. The SMILES string of the molecule is Cc1ccc(/C=C(\C#N)C(=O)Nc2ccc([N+](=O)[O-])cc2Br)cc1. The first-order valence-electron chi connectivity index (χ1n) is 6.84. The molecule has 0 aliphatic heterocycles. The van der Waals surface area contributed by atoms with Gasteiger partial charge in [0.25, 0.3) is 11.6 Å². The van der Waals surface area contributed by atoms with E-state index in [1.807, 2.05) is 37.3 Å². The van der Waals surface area contributed by atoms with Crippen molar-refractivity contribution in [3.63, 3.8) is 0 Å². The molecule has 2 rings (SSSR count). The number of amides is 1. The molecule has 6 nitrogen and oxygen atoms in total. The van der Waals surface area contributed by atoms with Crippen LogP contribution in [0.15, 0.2) is 52.5 Å². The number of halogens is 1. The van der Waals surface area contributed by atoms with Gasteiger partial charge in [0.1, 0.15) is 11.6 Å². The van der Waals surface area contributed by atoms with Crippen molar-refractivity contribution in [2.75, 3.05) is 5.32 Å². The normalized spacial score (nSPS) is 10.8. The molecule has 0 atom stereocenters. The molecule has 0 saturated heterocycles. The van der Waals surface area contributed by atoms with Crippen molar-refractivity contribution in [1.29, 1.82) is 5.26 Å². The summed E-state index contributed by atoms with van der Waals surface area (Å²) in [6.07, 6.45) is 1.48. The average Bonchev–Trinajstić information content (AvgIpc) is 2.55. The first kappa shape index (κ1) is 17.4. The Bertz CT molecular complexity index is 868. The minimum atomic E-state index is -0.590. The van der Waals surface area contributed by atoms with E-state index in [0.29, 0.717) is 10.2 Å². The number of anilines is 1. The molecule has 120 valence electrons. The molecule has 7 heteroatoms. The molecule has 0 saturated carbocycles. The van der Waals surface area contributed by atoms with Gasteiger partial charge in [-0.15, -0.1) is 0 Å². The lowest BCUT2D eigenvalue weighted by Gasteiger charge is -2.06. The van der Waals surface area contributed by atoms with E-state index >= 15 is 0 Å². The van der Waals surface area contributed by atoms with Crippen molar-refractivity contribution in [1.82, 2.24) is 0 Å². The van der Waals surface area contributed by atoms with Gasteiger partial charge in [0.2, 0.25) is 0 Å². The number of carbonyl (C=O) groups excluding carboxylic acids is 1. The largest absolute Gasteiger partial charge is 0.320 e. The van der Waals surface area contributed by atoms with Crippen molar-refractivity contribution in [2.24, 2.45) is 0 Å². The van der Waals surface area contributed by atoms with Crippen LogP contribution in [0.3, 0.4) is 0 Å². The molecular formula is C17H12BrN3O3. The van der Waals surface area contributed by atoms with Gasteiger partial charge in [-0.25, -0.2) is 0 Å². The van der Waals surface area contributed by atoms with Crippen molar-refractivity contribution < 1.29 is 9.72 Å². The Morgan fingerprint density at radius 1 is 1.29 bits per heavy atom. The summed E-state index contributed by atoms with van der Waals surface area (Å²) in [4.78, 5) is 22.4. The lowest BCUT2D eigenvalue weighted by atomic mass is 10.1. The van der Waals surface area contributed by atoms with Crippen LogP contribution in [0.2, 0.25) is 0 Å². The maximum atomic E-state index is 12.2. The fourth-order valence-corrected chi connectivity index (χ4v) is 2.35. The number of nitriles is 1. The van der Waals surface area contributed by atoms with E-state index in [9.17, 15) is 20.2 Å². The summed E-state index contributed by atoms with van der Waals surface area (Å²) in [6, 6.07) is 13.2. The van der Waals surface area contributed by atoms with Gasteiger partial charge in [-0.3, -0.25) is 14.9 Å². The molecule has 2 aromatic rings. The molecule has 0 radical (unpaired) electrons. The van der Waals surface area contributed by atoms with Gasteiger partial charge >= 0.3 is 0 Å². The number of nitrogens with one attached hydrogen (secondary N) is 1. The molecular weight excluding hydrogens is 374 g/mol. The predicted octanol–water partition coefficient (Wildman–Crippen LogP) is 4.21. The molecule has 0 bridgehead atoms. The molecule has 0 spiro atoms. The van der Waals surface area contributed by atoms with Gasteiger partial charge in [-0.2, -0.15) is 5.26 Å². The molecule has 0 aliphatic carbocycles. The monoisotopic (exact) mass is 385 g/mol. The number of nitro benzene ring substituents is 1. The molecule has 0 unspecified atom stereocenters. The van der Waals surface area contributed by atoms with E-state index in [-0.39, 0.29) is 11.3 Å².